The van der Waals surface area contributed by atoms with Crippen molar-refractivity contribution in [3.8, 4) is 0 Å². The predicted octanol–water partition coefficient (Wildman–Crippen LogP) is 3.40. The van der Waals surface area contributed by atoms with Crippen molar-refractivity contribution < 1.29 is 17.2 Å². The Morgan fingerprint density at radius 3 is 2.68 bits per heavy atom. The number of sulfone groups is 1. The van der Waals surface area contributed by atoms with Crippen LogP contribution in [0.5, 0.6) is 0 Å². The monoisotopic (exact) mass is 423 g/mol. The van der Waals surface area contributed by atoms with Gasteiger partial charge in [0.05, 0.1) is 0 Å². The maximum Gasteiger partial charge on any atom is 0.202 e. The maximum atomic E-state index is 13.8. The maximum absolute atomic E-state index is 13.8. The van der Waals surface area contributed by atoms with E-state index in [2.05, 4.69) is 20.4 Å². The number of benzene rings is 1. The van der Waals surface area contributed by atoms with Crippen LogP contribution in [0, 0.1) is 11.6 Å². The highest BCUT2D eigenvalue weighted by molar-refractivity contribution is 7.98. The van der Waals surface area contributed by atoms with E-state index in [9.17, 15) is 17.2 Å². The Bertz CT molecular complexity index is 1150. The molecule has 0 aliphatic carbocycles. The first-order valence-electron chi connectivity index (χ1n) is 7.84. The number of thioether (sulfide) groups is 1. The van der Waals surface area contributed by atoms with E-state index in [4.69, 9.17) is 0 Å². The van der Waals surface area contributed by atoms with Gasteiger partial charge in [0.2, 0.25) is 9.84 Å². The number of hydrogen-bond donors (Lipinski definition) is 1. The van der Waals surface area contributed by atoms with Gasteiger partial charge in [-0.1, -0.05) is 11.8 Å². The molecule has 0 spiro atoms. The predicted molar refractivity (Wildman–Crippen MR) is 103 cm³/mol. The molecule has 3 rings (SSSR count). The number of rotatable bonds is 6. The minimum Gasteiger partial charge on any atom is -0.323 e. The molecule has 146 valence electrons. The summed E-state index contributed by atoms with van der Waals surface area (Å²) < 4.78 is 53.3. The van der Waals surface area contributed by atoms with E-state index in [1.807, 2.05) is 0 Å². The number of aromatic nitrogens is 4. The van der Waals surface area contributed by atoms with Gasteiger partial charge in [0.1, 0.15) is 22.3 Å². The van der Waals surface area contributed by atoms with Crippen LogP contribution in [0.15, 0.2) is 52.1 Å². The van der Waals surface area contributed by atoms with Crippen molar-refractivity contribution in [3.63, 3.8) is 0 Å². The molecule has 7 nitrogen and oxygen atoms in total. The number of nitrogens with zero attached hydrogens (tertiary/aromatic N) is 4. The SMILES string of the molecule is CSc1ncc(C=CS(=O)(=O)c2ccc(F)cc2F)c(Nc2ccn(C)n2)n1. The van der Waals surface area contributed by atoms with Crippen molar-refractivity contribution in [2.75, 3.05) is 11.6 Å². The number of nitrogens with one attached hydrogen (secondary N) is 1. The minimum atomic E-state index is -4.14. The summed E-state index contributed by atoms with van der Waals surface area (Å²) in [5.74, 6) is -1.17. The Kier molecular flexibility index (Phi) is 5.75. The summed E-state index contributed by atoms with van der Waals surface area (Å²) >= 11 is 1.32. The summed E-state index contributed by atoms with van der Waals surface area (Å²) in [5, 5.41) is 8.49. The lowest BCUT2D eigenvalue weighted by Gasteiger charge is -2.07. The van der Waals surface area contributed by atoms with Crippen LogP contribution in [-0.2, 0) is 16.9 Å². The molecular formula is C17H15F2N5O2S2. The average molecular weight is 423 g/mol. The Balaban J connectivity index is 1.96. The van der Waals surface area contributed by atoms with E-state index in [-0.39, 0.29) is 0 Å². The lowest BCUT2D eigenvalue weighted by molar-refractivity contribution is 0.552. The highest BCUT2D eigenvalue weighted by Gasteiger charge is 2.17. The fraction of sp³-hybridized carbons (Fsp3) is 0.118. The molecule has 28 heavy (non-hydrogen) atoms. The zero-order valence-corrected chi connectivity index (χ0v) is 16.4. The molecule has 0 fully saturated rings. The Hall–Kier alpha value is -2.79. The normalized spacial score (nSPS) is 11.9. The summed E-state index contributed by atoms with van der Waals surface area (Å²) in [7, 11) is -2.38. The van der Waals surface area contributed by atoms with Gasteiger partial charge in [-0.05, 0) is 24.5 Å². The average Bonchev–Trinajstić information content (AvgIpc) is 3.05. The zero-order chi connectivity index (χ0) is 20.3. The van der Waals surface area contributed by atoms with E-state index in [0.717, 1.165) is 17.5 Å². The van der Waals surface area contributed by atoms with Gasteiger partial charge in [-0.3, -0.25) is 4.68 Å². The molecule has 0 aliphatic heterocycles. The fourth-order valence-corrected chi connectivity index (χ4v) is 3.64. The first-order valence-corrected chi connectivity index (χ1v) is 10.6. The summed E-state index contributed by atoms with van der Waals surface area (Å²) in [6.07, 6.45) is 6.22. The smallest absolute Gasteiger partial charge is 0.202 e. The van der Waals surface area contributed by atoms with Crippen molar-refractivity contribution in [1.82, 2.24) is 19.7 Å². The highest BCUT2D eigenvalue weighted by atomic mass is 32.2. The summed E-state index contributed by atoms with van der Waals surface area (Å²) in [6, 6.07) is 4.00. The Labute approximate surface area is 164 Å². The third-order valence-corrected chi connectivity index (χ3v) is 5.57. The second-order valence-corrected chi connectivity index (χ2v) is 8.16. The molecule has 0 saturated carbocycles. The van der Waals surface area contributed by atoms with Gasteiger partial charge in [0.25, 0.3) is 0 Å². The van der Waals surface area contributed by atoms with Crippen molar-refractivity contribution in [1.29, 1.82) is 0 Å². The zero-order valence-electron chi connectivity index (χ0n) is 14.8. The third-order valence-electron chi connectivity index (χ3n) is 3.56. The highest BCUT2D eigenvalue weighted by Crippen LogP contribution is 2.23. The number of hydrogen-bond acceptors (Lipinski definition) is 7. The molecule has 1 aromatic carbocycles. The third kappa shape index (κ3) is 4.54. The van der Waals surface area contributed by atoms with E-state index in [1.54, 1.807) is 30.2 Å². The fourth-order valence-electron chi connectivity index (χ4n) is 2.24. The van der Waals surface area contributed by atoms with Gasteiger partial charge in [0.15, 0.2) is 11.0 Å². The molecule has 2 aromatic heterocycles. The lowest BCUT2D eigenvalue weighted by Crippen LogP contribution is -2.02. The van der Waals surface area contributed by atoms with E-state index in [1.165, 1.54) is 24.0 Å². The van der Waals surface area contributed by atoms with Crippen LogP contribution in [0.4, 0.5) is 20.4 Å². The molecule has 0 unspecified atom stereocenters. The van der Waals surface area contributed by atoms with Crippen LogP contribution in [0.3, 0.4) is 0 Å². The summed E-state index contributed by atoms with van der Waals surface area (Å²) in [6.45, 7) is 0. The molecule has 3 aromatic rings. The van der Waals surface area contributed by atoms with Crippen LogP contribution in [0.1, 0.15) is 5.56 Å². The van der Waals surface area contributed by atoms with Crippen molar-refractivity contribution in [2.45, 2.75) is 10.1 Å². The Morgan fingerprint density at radius 1 is 1.25 bits per heavy atom. The van der Waals surface area contributed by atoms with Gasteiger partial charge in [-0.2, -0.15) is 5.10 Å². The van der Waals surface area contributed by atoms with Gasteiger partial charge < -0.3 is 5.32 Å². The van der Waals surface area contributed by atoms with Crippen molar-refractivity contribution in [3.05, 3.63) is 59.3 Å². The van der Waals surface area contributed by atoms with Crippen LogP contribution in [0.2, 0.25) is 0 Å². The molecule has 0 bridgehead atoms. The lowest BCUT2D eigenvalue weighted by atomic mass is 10.3. The van der Waals surface area contributed by atoms with E-state index >= 15 is 0 Å². The van der Waals surface area contributed by atoms with Crippen LogP contribution in [0.25, 0.3) is 6.08 Å². The number of aryl methyl sites for hydroxylation is 1. The second kappa shape index (κ2) is 8.07. The van der Waals surface area contributed by atoms with E-state index in [0.29, 0.717) is 28.4 Å². The molecular weight excluding hydrogens is 408 g/mol. The van der Waals surface area contributed by atoms with Crippen LogP contribution in [-0.4, -0.2) is 34.4 Å². The van der Waals surface area contributed by atoms with Crippen LogP contribution >= 0.6 is 11.8 Å². The summed E-state index contributed by atoms with van der Waals surface area (Å²) in [4.78, 5) is 7.82. The van der Waals surface area contributed by atoms with Gasteiger partial charge in [-0.15, -0.1) is 0 Å². The summed E-state index contributed by atoms with van der Waals surface area (Å²) in [5.41, 5.74) is 0.356. The molecule has 2 heterocycles. The molecule has 0 saturated heterocycles. The first kappa shape index (κ1) is 20.0. The van der Waals surface area contributed by atoms with Gasteiger partial charge in [0, 0.05) is 42.5 Å². The Morgan fingerprint density at radius 2 is 2.04 bits per heavy atom. The second-order valence-electron chi connectivity index (χ2n) is 5.58. The van der Waals surface area contributed by atoms with Crippen molar-refractivity contribution >= 4 is 39.3 Å². The molecule has 0 aliphatic rings. The standard InChI is InChI=1S/C17H15F2N5O2S2/c1-24-7-5-15(23-24)21-16-11(10-20-17(22-16)27-2)6-8-28(25,26)14-4-3-12(18)9-13(14)19/h3-10H,1-2H3,(H,20,21,22,23). The minimum absolute atomic E-state index is 0.337. The molecule has 0 amide bonds. The first-order chi connectivity index (χ1) is 13.3. The number of anilines is 2. The van der Waals surface area contributed by atoms with Crippen molar-refractivity contribution in [2.24, 2.45) is 7.05 Å². The van der Waals surface area contributed by atoms with Gasteiger partial charge in [-0.25, -0.2) is 27.2 Å². The molecule has 0 radical (unpaired) electrons. The number of halogens is 2. The largest absolute Gasteiger partial charge is 0.323 e. The van der Waals surface area contributed by atoms with E-state index < -0.39 is 26.4 Å². The molecule has 0 atom stereocenters. The van der Waals surface area contributed by atoms with Gasteiger partial charge >= 0.3 is 0 Å². The topological polar surface area (TPSA) is 89.8 Å². The molecule has 11 heteroatoms. The quantitative estimate of drug-likeness (QED) is 0.369. The molecule has 1 N–H and O–H groups in total. The van der Waals surface area contributed by atoms with Crippen LogP contribution < -0.4 is 5.32 Å².